The SMILES string of the molecule is CC(C)(C)OC(=O)N1CC(=O)CC([N+](=O)[O-])C1. The summed E-state index contributed by atoms with van der Waals surface area (Å²) in [6.07, 6.45) is -0.802. The van der Waals surface area contributed by atoms with E-state index < -0.39 is 22.7 Å². The number of carbonyl (C=O) groups is 2. The van der Waals surface area contributed by atoms with Crippen molar-refractivity contribution in [2.75, 3.05) is 13.1 Å². The normalized spacial score (nSPS) is 21.2. The van der Waals surface area contributed by atoms with Crippen molar-refractivity contribution in [3.63, 3.8) is 0 Å². The minimum atomic E-state index is -1.02. The second-order valence-electron chi connectivity index (χ2n) is 5.04. The molecule has 7 nitrogen and oxygen atoms in total. The fraction of sp³-hybridized carbons (Fsp3) is 0.800. The zero-order chi connectivity index (χ0) is 13.2. The van der Waals surface area contributed by atoms with Gasteiger partial charge in [-0.25, -0.2) is 4.79 Å². The molecule has 0 bridgehead atoms. The van der Waals surface area contributed by atoms with Crippen LogP contribution in [0.4, 0.5) is 4.79 Å². The molecule has 1 heterocycles. The van der Waals surface area contributed by atoms with Crippen LogP contribution in [0.3, 0.4) is 0 Å². The molecule has 17 heavy (non-hydrogen) atoms. The van der Waals surface area contributed by atoms with Crippen LogP contribution in [0.1, 0.15) is 27.2 Å². The van der Waals surface area contributed by atoms with Crippen molar-refractivity contribution in [2.24, 2.45) is 0 Å². The third-order valence-corrected chi connectivity index (χ3v) is 2.21. The van der Waals surface area contributed by atoms with Crippen molar-refractivity contribution in [1.82, 2.24) is 4.90 Å². The van der Waals surface area contributed by atoms with Gasteiger partial charge in [-0.15, -0.1) is 0 Å². The standard InChI is InChI=1S/C10H16N2O5/c1-10(2,3)17-9(14)11-5-7(12(15)16)4-8(13)6-11/h7H,4-6H2,1-3H3. The number of rotatable bonds is 1. The number of Topliss-reactive ketones (excluding diaryl/α,β-unsaturated/α-hetero) is 1. The molecule has 0 aromatic heterocycles. The van der Waals surface area contributed by atoms with Crippen LogP contribution in [0, 0.1) is 10.1 Å². The van der Waals surface area contributed by atoms with Crippen molar-refractivity contribution < 1.29 is 19.2 Å². The van der Waals surface area contributed by atoms with Gasteiger partial charge in [0.1, 0.15) is 5.60 Å². The van der Waals surface area contributed by atoms with Crippen LogP contribution < -0.4 is 0 Å². The third kappa shape index (κ3) is 4.01. The maximum absolute atomic E-state index is 11.7. The van der Waals surface area contributed by atoms with E-state index in [2.05, 4.69) is 0 Å². The molecule has 0 spiro atoms. The number of piperidine rings is 1. The maximum Gasteiger partial charge on any atom is 0.410 e. The van der Waals surface area contributed by atoms with Gasteiger partial charge in [0.2, 0.25) is 6.04 Å². The predicted octanol–water partition coefficient (Wildman–Crippen LogP) is 0.842. The van der Waals surface area contributed by atoms with Crippen molar-refractivity contribution in [3.8, 4) is 0 Å². The van der Waals surface area contributed by atoms with Gasteiger partial charge in [0.05, 0.1) is 19.5 Å². The quantitative estimate of drug-likeness (QED) is 0.503. The van der Waals surface area contributed by atoms with Crippen LogP contribution in [0.5, 0.6) is 0 Å². The molecule has 1 aliphatic heterocycles. The summed E-state index contributed by atoms with van der Waals surface area (Å²) < 4.78 is 5.07. The van der Waals surface area contributed by atoms with Crippen LogP contribution >= 0.6 is 0 Å². The summed E-state index contributed by atoms with van der Waals surface area (Å²) in [4.78, 5) is 34.1. The highest BCUT2D eigenvalue weighted by molar-refractivity contribution is 5.85. The molecule has 0 radical (unpaired) electrons. The lowest BCUT2D eigenvalue weighted by atomic mass is 10.1. The molecule has 0 saturated carbocycles. The summed E-state index contributed by atoms with van der Waals surface area (Å²) in [6.45, 7) is 4.90. The first-order chi connectivity index (χ1) is 7.69. The molecule has 0 aromatic rings. The van der Waals surface area contributed by atoms with Gasteiger partial charge in [-0.2, -0.15) is 0 Å². The Morgan fingerprint density at radius 2 is 2.12 bits per heavy atom. The summed E-state index contributed by atoms with van der Waals surface area (Å²) in [6, 6.07) is -1.02. The summed E-state index contributed by atoms with van der Waals surface area (Å²) in [5, 5.41) is 10.6. The Kier molecular flexibility index (Phi) is 3.69. The molecule has 0 N–H and O–H groups in total. The van der Waals surface area contributed by atoms with Gasteiger partial charge in [0, 0.05) is 4.92 Å². The van der Waals surface area contributed by atoms with E-state index in [1.165, 1.54) is 0 Å². The Morgan fingerprint density at radius 3 is 2.59 bits per heavy atom. The van der Waals surface area contributed by atoms with Crippen molar-refractivity contribution >= 4 is 11.9 Å². The monoisotopic (exact) mass is 244 g/mol. The van der Waals surface area contributed by atoms with Gasteiger partial charge >= 0.3 is 6.09 Å². The molecular weight excluding hydrogens is 228 g/mol. The zero-order valence-corrected chi connectivity index (χ0v) is 10.1. The number of hydrogen-bond acceptors (Lipinski definition) is 5. The van der Waals surface area contributed by atoms with Gasteiger partial charge in [-0.1, -0.05) is 0 Å². The number of nitrogens with zero attached hydrogens (tertiary/aromatic N) is 2. The molecule has 7 heteroatoms. The van der Waals surface area contributed by atoms with Gasteiger partial charge in [0.15, 0.2) is 5.78 Å². The molecule has 1 rings (SSSR count). The lowest BCUT2D eigenvalue weighted by Gasteiger charge is -2.30. The van der Waals surface area contributed by atoms with E-state index in [9.17, 15) is 19.7 Å². The number of nitro groups is 1. The number of ketones is 1. The number of ether oxygens (including phenoxy) is 1. The van der Waals surface area contributed by atoms with Gasteiger partial charge in [-0.3, -0.25) is 19.8 Å². The second kappa shape index (κ2) is 4.68. The molecule has 1 atom stereocenters. The van der Waals surface area contributed by atoms with E-state index >= 15 is 0 Å². The highest BCUT2D eigenvalue weighted by Crippen LogP contribution is 2.15. The van der Waals surface area contributed by atoms with E-state index in [0.29, 0.717) is 0 Å². The average Bonchev–Trinajstić information content (AvgIpc) is 2.13. The molecule has 1 amide bonds. The maximum atomic E-state index is 11.7. The first-order valence-electron chi connectivity index (χ1n) is 5.32. The summed E-state index contributed by atoms with van der Waals surface area (Å²) in [5.74, 6) is -0.316. The number of likely N-dealkylation sites (tertiary alicyclic amines) is 1. The Bertz CT molecular complexity index is 347. The lowest BCUT2D eigenvalue weighted by Crippen LogP contribution is -2.50. The zero-order valence-electron chi connectivity index (χ0n) is 10.1. The van der Waals surface area contributed by atoms with Crippen molar-refractivity contribution in [3.05, 3.63) is 10.1 Å². The van der Waals surface area contributed by atoms with Gasteiger partial charge < -0.3 is 4.74 Å². The minimum Gasteiger partial charge on any atom is -0.444 e. The van der Waals surface area contributed by atoms with Crippen LogP contribution in [0.15, 0.2) is 0 Å². The molecular formula is C10H16N2O5. The number of carbonyl (C=O) groups excluding carboxylic acids is 2. The average molecular weight is 244 g/mol. The molecule has 1 aliphatic rings. The van der Waals surface area contributed by atoms with E-state index in [4.69, 9.17) is 4.74 Å². The van der Waals surface area contributed by atoms with Crippen LogP contribution in [-0.2, 0) is 9.53 Å². The fourth-order valence-electron chi connectivity index (χ4n) is 1.53. The van der Waals surface area contributed by atoms with Crippen LogP contribution in [0.25, 0.3) is 0 Å². The Labute approximate surface area is 98.9 Å². The Morgan fingerprint density at radius 1 is 1.53 bits per heavy atom. The van der Waals surface area contributed by atoms with E-state index in [1.807, 2.05) is 0 Å². The molecule has 1 unspecified atom stereocenters. The summed E-state index contributed by atoms with van der Waals surface area (Å²) in [5.41, 5.74) is -0.679. The molecule has 96 valence electrons. The highest BCUT2D eigenvalue weighted by atomic mass is 16.6. The van der Waals surface area contributed by atoms with E-state index in [0.717, 1.165) is 4.90 Å². The van der Waals surface area contributed by atoms with Gasteiger partial charge in [-0.05, 0) is 20.8 Å². The number of amides is 1. The first kappa shape index (κ1) is 13.4. The van der Waals surface area contributed by atoms with Crippen molar-refractivity contribution in [1.29, 1.82) is 0 Å². The largest absolute Gasteiger partial charge is 0.444 e. The first-order valence-corrected chi connectivity index (χ1v) is 5.32. The fourth-order valence-corrected chi connectivity index (χ4v) is 1.53. The smallest absolute Gasteiger partial charge is 0.410 e. The van der Waals surface area contributed by atoms with E-state index in [1.54, 1.807) is 20.8 Å². The van der Waals surface area contributed by atoms with Crippen molar-refractivity contribution in [2.45, 2.75) is 38.8 Å². The minimum absolute atomic E-state index is 0.0757. The topological polar surface area (TPSA) is 89.8 Å². The molecule has 0 aliphatic carbocycles. The summed E-state index contributed by atoms with van der Waals surface area (Å²) >= 11 is 0. The number of hydrogen-bond donors (Lipinski definition) is 0. The molecule has 1 saturated heterocycles. The third-order valence-electron chi connectivity index (χ3n) is 2.21. The van der Waals surface area contributed by atoms with Crippen LogP contribution in [0.2, 0.25) is 0 Å². The lowest BCUT2D eigenvalue weighted by molar-refractivity contribution is -0.522. The Balaban J connectivity index is 2.67. The van der Waals surface area contributed by atoms with E-state index in [-0.39, 0.29) is 25.3 Å². The highest BCUT2D eigenvalue weighted by Gasteiger charge is 2.36. The van der Waals surface area contributed by atoms with Gasteiger partial charge in [0.25, 0.3) is 0 Å². The summed E-state index contributed by atoms with van der Waals surface area (Å²) in [7, 11) is 0. The predicted molar refractivity (Wildman–Crippen MR) is 58.2 cm³/mol. The molecule has 0 aromatic carbocycles. The van der Waals surface area contributed by atoms with Crippen LogP contribution in [-0.4, -0.2) is 46.4 Å². The second-order valence-corrected chi connectivity index (χ2v) is 5.04. The Hall–Kier alpha value is -1.66. The molecule has 1 fully saturated rings.